The Labute approximate surface area is 104 Å². The van der Waals surface area contributed by atoms with Crippen LogP contribution in [0.3, 0.4) is 0 Å². The van der Waals surface area contributed by atoms with Crippen LogP contribution in [0.2, 0.25) is 0 Å². The summed E-state index contributed by atoms with van der Waals surface area (Å²) in [4.78, 5) is 1.33. The first kappa shape index (κ1) is 11.7. The molecule has 0 aliphatic rings. The van der Waals surface area contributed by atoms with Crippen molar-refractivity contribution in [3.63, 3.8) is 0 Å². The predicted molar refractivity (Wildman–Crippen MR) is 75.6 cm³/mol. The Hall–Kier alpha value is -1.76. The Morgan fingerprint density at radius 3 is 2.24 bits per heavy atom. The van der Waals surface area contributed by atoms with Crippen molar-refractivity contribution in [2.45, 2.75) is 4.90 Å². The average Bonchev–Trinajstić information content (AvgIpc) is 2.40. The van der Waals surface area contributed by atoms with Gasteiger partial charge in [0.2, 0.25) is 0 Å². The zero-order valence-electron chi connectivity index (χ0n) is 9.63. The minimum absolute atomic E-state index is 0.0991. The van der Waals surface area contributed by atoms with Gasteiger partial charge in [0.15, 0.2) is 4.90 Å². The molecule has 0 fully saturated rings. The highest BCUT2D eigenvalue weighted by Gasteiger charge is 2.09. The maximum Gasteiger partial charge on any atom is 0.159 e. The van der Waals surface area contributed by atoms with Gasteiger partial charge in [-0.1, -0.05) is 18.2 Å². The molecule has 0 aliphatic heterocycles. The van der Waals surface area contributed by atoms with Crippen molar-refractivity contribution in [3.05, 3.63) is 70.4 Å². The van der Waals surface area contributed by atoms with Crippen molar-refractivity contribution in [2.75, 3.05) is 6.26 Å². The third-order valence-corrected chi connectivity index (χ3v) is 4.11. The van der Waals surface area contributed by atoms with Crippen molar-refractivity contribution in [2.24, 2.45) is 0 Å². The van der Waals surface area contributed by atoms with Gasteiger partial charge in [-0.25, -0.2) is 0 Å². The third kappa shape index (κ3) is 3.10. The van der Waals surface area contributed by atoms with E-state index in [9.17, 15) is 0 Å². The molecule has 17 heavy (non-hydrogen) atoms. The smallest absolute Gasteiger partial charge is 0.159 e. The Morgan fingerprint density at radius 2 is 1.65 bits per heavy atom. The molecule has 0 heterocycles. The molecule has 0 bridgehead atoms. The van der Waals surface area contributed by atoms with Gasteiger partial charge in [0, 0.05) is 5.22 Å². The van der Waals surface area contributed by atoms with Crippen LogP contribution in [0.4, 0.5) is 0 Å². The lowest BCUT2D eigenvalue weighted by molar-refractivity contribution is 1.46. The van der Waals surface area contributed by atoms with Crippen molar-refractivity contribution in [3.8, 4) is 0 Å². The van der Waals surface area contributed by atoms with Gasteiger partial charge in [-0.2, -0.15) is 0 Å². The molecule has 0 radical (unpaired) electrons. The molecule has 0 saturated heterocycles. The topological polar surface area (TPSA) is 22.3 Å². The van der Waals surface area contributed by atoms with Crippen LogP contribution in [0, 0.1) is 0 Å². The molecule has 0 N–H and O–H groups in total. The van der Waals surface area contributed by atoms with Crippen LogP contribution < -0.4 is 10.4 Å². The van der Waals surface area contributed by atoms with E-state index >= 15 is 0 Å². The van der Waals surface area contributed by atoms with Gasteiger partial charge in [-0.05, 0) is 41.6 Å². The van der Waals surface area contributed by atoms with Crippen molar-refractivity contribution >= 4 is 22.2 Å². The van der Waals surface area contributed by atoms with Gasteiger partial charge < -0.3 is 5.41 Å². The average molecular weight is 239 g/mol. The van der Waals surface area contributed by atoms with E-state index in [0.29, 0.717) is 5.22 Å². The Bertz CT molecular complexity index is 604. The van der Waals surface area contributed by atoms with E-state index in [2.05, 4.69) is 41.8 Å². The van der Waals surface area contributed by atoms with Crippen LogP contribution >= 0.6 is 0 Å². The molecule has 2 heteroatoms. The van der Waals surface area contributed by atoms with Gasteiger partial charge in [0.25, 0.3) is 0 Å². The predicted octanol–water partition coefficient (Wildman–Crippen LogP) is 1.64. The minimum Gasteiger partial charge on any atom is -0.763 e. The standard InChI is InChI=1S/C15H13NS/c1-17(15-5-3-2-4-6-15)12-14-9-7-13(11-16)8-10-14/h2-10,12H,1H3. The summed E-state index contributed by atoms with van der Waals surface area (Å²) in [6, 6.07) is 18.1. The highest BCUT2D eigenvalue weighted by molar-refractivity contribution is 8.03. The lowest BCUT2D eigenvalue weighted by atomic mass is 10.3. The Morgan fingerprint density at radius 1 is 1.00 bits per heavy atom. The molecule has 2 rings (SSSR count). The summed E-state index contributed by atoms with van der Waals surface area (Å²) < 4.78 is 0. The first-order valence-corrected chi connectivity index (χ1v) is 7.04. The van der Waals surface area contributed by atoms with E-state index in [1.807, 2.05) is 30.3 Å². The first-order chi connectivity index (χ1) is 8.29. The third-order valence-electron chi connectivity index (χ3n) is 2.47. The molecule has 0 spiro atoms. The Kier molecular flexibility index (Phi) is 3.81. The van der Waals surface area contributed by atoms with Crippen LogP contribution in [0.25, 0.3) is 10.8 Å². The molecule has 0 amide bonds. The van der Waals surface area contributed by atoms with E-state index < -0.39 is 0 Å². The monoisotopic (exact) mass is 239 g/mol. The summed E-state index contributed by atoms with van der Waals surface area (Å²) in [5.74, 6) is 2.13. The maximum absolute atomic E-state index is 8.73. The second-order valence-corrected chi connectivity index (χ2v) is 5.54. The zero-order chi connectivity index (χ0) is 12.1. The molecular formula is C15H13NS. The molecule has 2 aromatic rings. The van der Waals surface area contributed by atoms with Gasteiger partial charge in [0.05, 0.1) is 10.9 Å². The molecule has 0 aliphatic carbocycles. The number of hydrogen-bond acceptors (Lipinski definition) is 0. The summed E-state index contributed by atoms with van der Waals surface area (Å²) in [6.07, 6.45) is 2.20. The number of rotatable bonds is 2. The van der Waals surface area contributed by atoms with Gasteiger partial charge in [-0.3, -0.25) is 5.87 Å². The first-order valence-electron chi connectivity index (χ1n) is 5.34. The molecule has 1 atom stereocenters. The fraction of sp³-hybridized carbons (Fsp3) is 0.0667. The highest BCUT2D eigenvalue weighted by Crippen LogP contribution is 2.11. The van der Waals surface area contributed by atoms with Gasteiger partial charge in [-0.15, -0.1) is 0 Å². The summed E-state index contributed by atoms with van der Waals surface area (Å²) in [5, 5.41) is 12.8. The molecule has 0 aromatic heterocycles. The van der Waals surface area contributed by atoms with Crippen molar-refractivity contribution in [1.29, 1.82) is 0 Å². The van der Waals surface area contributed by atoms with Crippen LogP contribution in [0.15, 0.2) is 59.5 Å². The Balaban J connectivity index is 2.33. The second-order valence-electron chi connectivity index (χ2n) is 3.72. The highest BCUT2D eigenvalue weighted by atomic mass is 32.2. The summed E-state index contributed by atoms with van der Waals surface area (Å²) >= 11 is 0. The second kappa shape index (κ2) is 5.53. The fourth-order valence-corrected chi connectivity index (χ4v) is 2.83. The van der Waals surface area contributed by atoms with Crippen LogP contribution in [-0.4, -0.2) is 12.1 Å². The van der Waals surface area contributed by atoms with E-state index in [0.717, 1.165) is 0 Å². The summed E-state index contributed by atoms with van der Waals surface area (Å²) in [5.41, 5.74) is 0. The SMILES string of the molecule is C[S+](C=c1ccc(=C=[N-])cc1)c1ccccc1. The number of nitrogens with zero attached hydrogens (tertiary/aromatic N) is 1. The summed E-state index contributed by atoms with van der Waals surface area (Å²) in [6.45, 7) is 0. The van der Waals surface area contributed by atoms with E-state index in [1.54, 1.807) is 0 Å². The van der Waals surface area contributed by atoms with Gasteiger partial charge >= 0.3 is 0 Å². The lowest BCUT2D eigenvalue weighted by Gasteiger charge is -1.95. The lowest BCUT2D eigenvalue weighted by Crippen LogP contribution is -2.10. The number of benzene rings is 2. The van der Waals surface area contributed by atoms with E-state index in [-0.39, 0.29) is 10.9 Å². The largest absolute Gasteiger partial charge is 0.763 e. The van der Waals surface area contributed by atoms with Crippen LogP contribution in [0.1, 0.15) is 0 Å². The molecule has 1 nitrogen and oxygen atoms in total. The molecule has 2 aromatic carbocycles. The van der Waals surface area contributed by atoms with E-state index in [1.165, 1.54) is 10.1 Å². The minimum atomic E-state index is 0.0991. The maximum atomic E-state index is 8.73. The quantitative estimate of drug-likeness (QED) is 0.561. The molecule has 84 valence electrons. The van der Waals surface area contributed by atoms with E-state index in [4.69, 9.17) is 5.41 Å². The number of hydrogen-bond donors (Lipinski definition) is 0. The van der Waals surface area contributed by atoms with Crippen molar-refractivity contribution in [1.82, 2.24) is 0 Å². The normalized spacial score (nSPS) is 11.6. The summed E-state index contributed by atoms with van der Waals surface area (Å²) in [7, 11) is 0.0991. The zero-order valence-corrected chi connectivity index (χ0v) is 10.4. The van der Waals surface area contributed by atoms with Crippen LogP contribution in [0.5, 0.6) is 0 Å². The van der Waals surface area contributed by atoms with Gasteiger partial charge in [0.1, 0.15) is 11.7 Å². The molecule has 1 unspecified atom stereocenters. The fourth-order valence-electron chi connectivity index (χ4n) is 1.54. The molecular weight excluding hydrogens is 226 g/mol. The van der Waals surface area contributed by atoms with Crippen LogP contribution in [-0.2, 0) is 10.9 Å². The van der Waals surface area contributed by atoms with Crippen molar-refractivity contribution < 1.29 is 0 Å². The molecule has 0 saturated carbocycles.